The summed E-state index contributed by atoms with van der Waals surface area (Å²) >= 11 is 1.46. The van der Waals surface area contributed by atoms with Gasteiger partial charge in [-0.25, -0.2) is 4.98 Å². The minimum absolute atomic E-state index is 0.323. The maximum absolute atomic E-state index is 12.7. The van der Waals surface area contributed by atoms with Crippen LogP contribution in [-0.2, 0) is 4.79 Å². The van der Waals surface area contributed by atoms with Crippen molar-refractivity contribution in [2.45, 2.75) is 6.18 Å². The second-order valence-corrected chi connectivity index (χ2v) is 9.78. The Hall–Kier alpha value is -4.16. The first-order valence-corrected chi connectivity index (χ1v) is 13.0. The number of piperazine rings is 1. The highest BCUT2D eigenvalue weighted by Gasteiger charge is 2.32. The Balaban J connectivity index is 1.27. The number of hydrogen-bond acceptors (Lipinski definition) is 8. The first-order valence-electron chi connectivity index (χ1n) is 12.1. The van der Waals surface area contributed by atoms with Gasteiger partial charge < -0.3 is 20.3 Å². The topological polar surface area (TPSA) is 82.6 Å². The number of carbonyl (C=O) groups is 1. The van der Waals surface area contributed by atoms with Gasteiger partial charge in [0.1, 0.15) is 10.4 Å². The Bertz CT molecular complexity index is 1470. The number of carbonyl (C=O) groups excluding carboxylic acids is 1. The molecule has 1 fully saturated rings. The zero-order valence-electron chi connectivity index (χ0n) is 20.7. The van der Waals surface area contributed by atoms with Gasteiger partial charge in [0.2, 0.25) is 17.7 Å². The van der Waals surface area contributed by atoms with Crippen LogP contribution in [0.4, 0.5) is 36.2 Å². The molecule has 39 heavy (non-hydrogen) atoms. The number of aromatic nitrogens is 2. The summed E-state index contributed by atoms with van der Waals surface area (Å²) in [5.41, 5.74) is 2.98. The molecule has 202 valence electrons. The molecule has 2 N–H and O–H groups in total. The summed E-state index contributed by atoms with van der Waals surface area (Å²) < 4.78 is 44.8. The standard InChI is InChI=1S/C27H25F3N6O2S/c1-2-23(37)31-19-4-3-5-21(16-19)38-25-24-22(10-15-39-24)33-26(34-25)32-18-6-8-20(9-7-18)36-13-11-35(12-14-36)17-27(28,29)30/h2-10,15-16H,1,11-14,17H2,(H,31,37)(H,32,33,34). The van der Waals surface area contributed by atoms with Gasteiger partial charge in [0, 0.05) is 49.3 Å². The van der Waals surface area contributed by atoms with E-state index in [1.54, 1.807) is 24.3 Å². The van der Waals surface area contributed by atoms with E-state index >= 15 is 0 Å². The Morgan fingerprint density at radius 1 is 1.05 bits per heavy atom. The van der Waals surface area contributed by atoms with Gasteiger partial charge in [0.25, 0.3) is 0 Å². The number of nitrogens with one attached hydrogen (secondary N) is 2. The van der Waals surface area contributed by atoms with Crippen LogP contribution >= 0.6 is 11.3 Å². The summed E-state index contributed by atoms with van der Waals surface area (Å²) in [5.74, 6) is 0.894. The number of halogens is 3. The van der Waals surface area contributed by atoms with Gasteiger partial charge in [-0.05, 0) is 53.9 Å². The molecule has 1 aliphatic heterocycles. The van der Waals surface area contributed by atoms with Crippen LogP contribution in [0.15, 0.2) is 72.6 Å². The third kappa shape index (κ3) is 6.84. The number of amides is 1. The number of ether oxygens (including phenoxy) is 1. The molecular weight excluding hydrogens is 529 g/mol. The van der Waals surface area contributed by atoms with E-state index in [4.69, 9.17) is 4.74 Å². The first kappa shape index (κ1) is 26.4. The predicted molar refractivity (Wildman–Crippen MR) is 147 cm³/mol. The smallest absolute Gasteiger partial charge is 0.401 e. The fourth-order valence-electron chi connectivity index (χ4n) is 4.21. The molecule has 0 aliphatic carbocycles. The van der Waals surface area contributed by atoms with Gasteiger partial charge in [-0.2, -0.15) is 18.2 Å². The van der Waals surface area contributed by atoms with E-state index in [0.717, 1.165) is 21.6 Å². The average molecular weight is 555 g/mol. The summed E-state index contributed by atoms with van der Waals surface area (Å²) in [6, 6.07) is 16.4. The monoisotopic (exact) mass is 554 g/mol. The van der Waals surface area contributed by atoms with E-state index < -0.39 is 12.7 Å². The molecular formula is C27H25F3N6O2S. The van der Waals surface area contributed by atoms with Crippen molar-refractivity contribution in [3.05, 3.63) is 72.6 Å². The van der Waals surface area contributed by atoms with Gasteiger partial charge in [-0.1, -0.05) is 12.6 Å². The van der Waals surface area contributed by atoms with Gasteiger partial charge in [0.05, 0.1) is 12.1 Å². The summed E-state index contributed by atoms with van der Waals surface area (Å²) in [6.07, 6.45) is -2.99. The maximum atomic E-state index is 12.7. The molecule has 1 amide bonds. The second-order valence-electron chi connectivity index (χ2n) is 8.86. The molecule has 0 unspecified atom stereocenters. The lowest BCUT2D eigenvalue weighted by molar-refractivity contribution is -0.146. The highest BCUT2D eigenvalue weighted by atomic mass is 32.1. The van der Waals surface area contributed by atoms with Crippen molar-refractivity contribution in [1.82, 2.24) is 14.9 Å². The van der Waals surface area contributed by atoms with E-state index in [1.807, 2.05) is 35.7 Å². The Labute approximate surface area is 226 Å². The van der Waals surface area contributed by atoms with Crippen LogP contribution in [-0.4, -0.2) is 59.7 Å². The van der Waals surface area contributed by atoms with Gasteiger partial charge >= 0.3 is 6.18 Å². The first-order chi connectivity index (χ1) is 18.8. The summed E-state index contributed by atoms with van der Waals surface area (Å²) in [6.45, 7) is 4.36. The van der Waals surface area contributed by atoms with E-state index in [1.165, 1.54) is 22.3 Å². The SMILES string of the molecule is C=CC(=O)Nc1cccc(Oc2nc(Nc3ccc(N4CCN(CC(F)(F)F)CC4)cc3)nc3ccsc23)c1. The number of alkyl halides is 3. The minimum atomic E-state index is -4.18. The molecule has 1 saturated heterocycles. The number of nitrogens with zero attached hydrogens (tertiary/aromatic N) is 4. The third-order valence-corrected chi connectivity index (χ3v) is 6.93. The highest BCUT2D eigenvalue weighted by Crippen LogP contribution is 2.34. The van der Waals surface area contributed by atoms with Crippen molar-refractivity contribution in [3.8, 4) is 11.6 Å². The normalized spacial score (nSPS) is 14.3. The molecule has 0 spiro atoms. The van der Waals surface area contributed by atoms with Crippen molar-refractivity contribution in [3.63, 3.8) is 0 Å². The van der Waals surface area contributed by atoms with Crippen molar-refractivity contribution < 1.29 is 22.7 Å². The molecule has 0 saturated carbocycles. The lowest BCUT2D eigenvalue weighted by Gasteiger charge is -2.36. The number of thiophene rings is 1. The Kier molecular flexibility index (Phi) is 7.66. The predicted octanol–water partition coefficient (Wildman–Crippen LogP) is 6.04. The lowest BCUT2D eigenvalue weighted by atomic mass is 10.2. The fraction of sp³-hybridized carbons (Fsp3) is 0.222. The second kappa shape index (κ2) is 11.3. The van der Waals surface area contributed by atoms with Crippen LogP contribution in [0.5, 0.6) is 11.6 Å². The van der Waals surface area contributed by atoms with Gasteiger partial charge in [-0.3, -0.25) is 9.69 Å². The maximum Gasteiger partial charge on any atom is 0.401 e. The summed E-state index contributed by atoms with van der Waals surface area (Å²) in [7, 11) is 0. The van der Waals surface area contributed by atoms with Crippen molar-refractivity contribution in [2.75, 3.05) is 48.3 Å². The van der Waals surface area contributed by atoms with Gasteiger partial charge in [-0.15, -0.1) is 11.3 Å². The van der Waals surface area contributed by atoms with E-state index in [2.05, 4.69) is 32.1 Å². The molecule has 12 heteroatoms. The summed E-state index contributed by atoms with van der Waals surface area (Å²) in [4.78, 5) is 24.3. The number of benzene rings is 2. The van der Waals surface area contributed by atoms with E-state index in [-0.39, 0.29) is 5.91 Å². The quantitative estimate of drug-likeness (QED) is 0.257. The molecule has 2 aromatic carbocycles. The zero-order valence-corrected chi connectivity index (χ0v) is 21.6. The number of rotatable bonds is 8. The molecule has 8 nitrogen and oxygen atoms in total. The van der Waals surface area contributed by atoms with Crippen LogP contribution in [0.25, 0.3) is 10.2 Å². The largest absolute Gasteiger partial charge is 0.437 e. The molecule has 1 aliphatic rings. The lowest BCUT2D eigenvalue weighted by Crippen LogP contribution is -2.49. The van der Waals surface area contributed by atoms with Crippen LogP contribution < -0.4 is 20.3 Å². The van der Waals surface area contributed by atoms with Crippen molar-refractivity contribution in [2.24, 2.45) is 0 Å². The Morgan fingerprint density at radius 3 is 2.54 bits per heavy atom. The van der Waals surface area contributed by atoms with E-state index in [0.29, 0.717) is 49.4 Å². The zero-order chi connectivity index (χ0) is 27.4. The van der Waals surface area contributed by atoms with Crippen LogP contribution in [0.3, 0.4) is 0 Å². The molecule has 5 rings (SSSR count). The van der Waals surface area contributed by atoms with Crippen LogP contribution in [0.1, 0.15) is 0 Å². The van der Waals surface area contributed by atoms with Crippen LogP contribution in [0, 0.1) is 0 Å². The molecule has 2 aromatic heterocycles. The fourth-order valence-corrected chi connectivity index (χ4v) is 4.96. The molecule has 0 atom stereocenters. The third-order valence-electron chi connectivity index (χ3n) is 6.04. The van der Waals surface area contributed by atoms with Crippen LogP contribution in [0.2, 0.25) is 0 Å². The van der Waals surface area contributed by atoms with E-state index in [9.17, 15) is 18.0 Å². The molecule has 3 heterocycles. The number of hydrogen-bond donors (Lipinski definition) is 2. The molecule has 0 radical (unpaired) electrons. The van der Waals surface area contributed by atoms with Crippen molar-refractivity contribution >= 4 is 50.5 Å². The minimum Gasteiger partial charge on any atom is -0.437 e. The van der Waals surface area contributed by atoms with Gasteiger partial charge in [0.15, 0.2) is 0 Å². The Morgan fingerprint density at radius 2 is 1.82 bits per heavy atom. The molecule has 4 aromatic rings. The number of fused-ring (bicyclic) bond motifs is 1. The van der Waals surface area contributed by atoms with Crippen molar-refractivity contribution in [1.29, 1.82) is 0 Å². The molecule has 0 bridgehead atoms. The average Bonchev–Trinajstić information content (AvgIpc) is 3.38. The highest BCUT2D eigenvalue weighted by molar-refractivity contribution is 7.17. The summed E-state index contributed by atoms with van der Waals surface area (Å²) in [5, 5.41) is 7.81. The number of anilines is 4.